The van der Waals surface area contributed by atoms with Crippen molar-refractivity contribution in [3.05, 3.63) is 53.2 Å². The monoisotopic (exact) mass is 598 g/mol. The molecule has 8 nitrogen and oxygen atoms in total. The van der Waals surface area contributed by atoms with Gasteiger partial charge in [-0.3, -0.25) is 9.78 Å². The Bertz CT molecular complexity index is 1870. The molecule has 1 aliphatic carbocycles. The van der Waals surface area contributed by atoms with E-state index in [1.165, 1.54) is 24.3 Å². The fourth-order valence-electron chi connectivity index (χ4n) is 6.71. The summed E-state index contributed by atoms with van der Waals surface area (Å²) in [6, 6.07) is 6.10. The van der Waals surface area contributed by atoms with Crippen LogP contribution in [0.15, 0.2) is 30.5 Å². The lowest BCUT2D eigenvalue weighted by molar-refractivity contribution is -0.150. The van der Waals surface area contributed by atoms with E-state index in [1.807, 2.05) is 0 Å². The quantitative estimate of drug-likeness (QED) is 0.216. The van der Waals surface area contributed by atoms with Crippen LogP contribution in [0.25, 0.3) is 32.8 Å². The summed E-state index contributed by atoms with van der Waals surface area (Å²) in [5.41, 5.74) is -0.245. The summed E-state index contributed by atoms with van der Waals surface area (Å²) in [4.78, 5) is 24.2. The van der Waals surface area contributed by atoms with Gasteiger partial charge in [0.2, 0.25) is 5.88 Å². The van der Waals surface area contributed by atoms with Crippen LogP contribution in [0.2, 0.25) is 0 Å². The number of hydrogen-bond acceptors (Lipinski definition) is 8. The maximum atomic E-state index is 16.9. The number of phenols is 1. The van der Waals surface area contributed by atoms with Crippen molar-refractivity contribution in [3.8, 4) is 35.2 Å². The molecule has 0 spiro atoms. The molecule has 2 saturated heterocycles. The van der Waals surface area contributed by atoms with Crippen molar-refractivity contribution in [1.82, 2.24) is 15.3 Å². The topological polar surface area (TPSA) is 96.8 Å². The van der Waals surface area contributed by atoms with Crippen molar-refractivity contribution >= 4 is 33.3 Å². The van der Waals surface area contributed by atoms with E-state index < -0.39 is 17.0 Å². The number of carbonyl (C=O) groups is 1. The Morgan fingerprint density at radius 1 is 1.20 bits per heavy atom. The molecule has 2 atom stereocenters. The summed E-state index contributed by atoms with van der Waals surface area (Å²) in [6.07, 6.45) is 10.6. The third-order valence-corrected chi connectivity index (χ3v) is 9.18. The molecular formula is C34H32F2N4O4. The standard InChI is InChI=1S/C34H32F2N4O4/c1-4-23-26(35)9-6-19-12-22(41)13-24(28(19)23)30-29(36)27-18(3)32(44-17-34(10-11-34)33(42)43-5-2)39-31(25(27)14-37-30)40-15-20-7-8-21(16-40)38-20/h1,6,9,12-14,20-21,38,41H,5,7-8,10-11,15-17H2,2-3H3. The number of esters is 1. The number of phenolic OH excluding ortho intramolecular Hbond substituents is 1. The molecule has 7 rings (SSSR count). The van der Waals surface area contributed by atoms with Gasteiger partial charge in [-0.05, 0) is 63.1 Å². The minimum Gasteiger partial charge on any atom is -0.508 e. The first-order valence-corrected chi connectivity index (χ1v) is 14.9. The highest BCUT2D eigenvalue weighted by molar-refractivity contribution is 6.04. The van der Waals surface area contributed by atoms with Crippen molar-refractivity contribution in [1.29, 1.82) is 0 Å². The second-order valence-corrected chi connectivity index (χ2v) is 12.1. The lowest BCUT2D eigenvalue weighted by atomic mass is 9.95. The zero-order valence-electron chi connectivity index (χ0n) is 24.5. The maximum absolute atomic E-state index is 16.9. The first-order valence-electron chi connectivity index (χ1n) is 14.9. The van der Waals surface area contributed by atoms with Gasteiger partial charge in [0, 0.05) is 58.7 Å². The fourth-order valence-corrected chi connectivity index (χ4v) is 6.71. The second-order valence-electron chi connectivity index (χ2n) is 12.1. The van der Waals surface area contributed by atoms with Crippen LogP contribution in [-0.4, -0.2) is 59.4 Å². The van der Waals surface area contributed by atoms with Crippen LogP contribution in [0.3, 0.4) is 0 Å². The number of nitrogens with zero attached hydrogens (tertiary/aromatic N) is 3. The molecule has 1 saturated carbocycles. The van der Waals surface area contributed by atoms with Gasteiger partial charge < -0.3 is 24.8 Å². The van der Waals surface area contributed by atoms with E-state index in [0.717, 1.165) is 12.8 Å². The highest BCUT2D eigenvalue weighted by Gasteiger charge is 2.52. The Kier molecular flexibility index (Phi) is 6.81. The van der Waals surface area contributed by atoms with Crippen LogP contribution in [-0.2, 0) is 9.53 Å². The number of nitrogens with one attached hydrogen (secondary N) is 1. The normalized spacial score (nSPS) is 20.1. The maximum Gasteiger partial charge on any atom is 0.315 e. The Hall–Kier alpha value is -4.49. The summed E-state index contributed by atoms with van der Waals surface area (Å²) in [7, 11) is 0. The molecule has 2 aromatic carbocycles. The van der Waals surface area contributed by atoms with E-state index in [4.69, 9.17) is 20.9 Å². The molecule has 44 heavy (non-hydrogen) atoms. The number of aromatic hydroxyl groups is 1. The number of pyridine rings is 2. The van der Waals surface area contributed by atoms with Crippen LogP contribution in [0.4, 0.5) is 14.6 Å². The van der Waals surface area contributed by atoms with E-state index >= 15 is 4.39 Å². The molecular weight excluding hydrogens is 566 g/mol. The molecule has 0 radical (unpaired) electrons. The van der Waals surface area contributed by atoms with Crippen molar-refractivity contribution in [3.63, 3.8) is 0 Å². The Labute approximate surface area is 253 Å². The van der Waals surface area contributed by atoms with Crippen molar-refractivity contribution in [2.24, 2.45) is 5.41 Å². The number of ether oxygens (including phenoxy) is 2. The summed E-state index contributed by atoms with van der Waals surface area (Å²) in [6.45, 7) is 5.22. The predicted molar refractivity (Wildman–Crippen MR) is 163 cm³/mol. The average molecular weight is 599 g/mol. The molecule has 3 fully saturated rings. The molecule has 2 N–H and O–H groups in total. The van der Waals surface area contributed by atoms with Gasteiger partial charge in [-0.25, -0.2) is 8.78 Å². The second kappa shape index (κ2) is 10.6. The predicted octanol–water partition coefficient (Wildman–Crippen LogP) is 5.39. The highest BCUT2D eigenvalue weighted by Crippen LogP contribution is 2.48. The summed E-state index contributed by atoms with van der Waals surface area (Å²) < 4.78 is 43.3. The number of anilines is 1. The van der Waals surface area contributed by atoms with Crippen molar-refractivity contribution in [2.75, 3.05) is 31.2 Å². The van der Waals surface area contributed by atoms with E-state index in [1.54, 1.807) is 20.0 Å². The smallest absolute Gasteiger partial charge is 0.315 e. The van der Waals surface area contributed by atoms with E-state index in [-0.39, 0.29) is 58.4 Å². The minimum atomic E-state index is -0.731. The molecule has 4 heterocycles. The van der Waals surface area contributed by atoms with Crippen LogP contribution >= 0.6 is 0 Å². The van der Waals surface area contributed by atoms with Crippen LogP contribution in [0.5, 0.6) is 11.6 Å². The number of terminal acetylenes is 1. The molecule has 0 amide bonds. The van der Waals surface area contributed by atoms with Gasteiger partial charge in [0.25, 0.3) is 0 Å². The lowest BCUT2D eigenvalue weighted by Crippen LogP contribution is -2.51. The van der Waals surface area contributed by atoms with Crippen LogP contribution < -0.4 is 15.0 Å². The van der Waals surface area contributed by atoms with Gasteiger partial charge in [0.1, 0.15) is 35.1 Å². The van der Waals surface area contributed by atoms with Crippen molar-refractivity contribution in [2.45, 2.75) is 51.6 Å². The molecule has 3 aliphatic rings. The molecule has 2 unspecified atom stereocenters. The fraction of sp³-hybridized carbons (Fsp3) is 0.382. The first kappa shape index (κ1) is 28.3. The van der Waals surface area contributed by atoms with Crippen LogP contribution in [0.1, 0.15) is 43.7 Å². The highest BCUT2D eigenvalue weighted by atomic mass is 19.1. The molecule has 10 heteroatoms. The molecule has 2 aliphatic heterocycles. The van der Waals surface area contributed by atoms with E-state index in [0.29, 0.717) is 60.2 Å². The number of aromatic nitrogens is 2. The number of carbonyl (C=O) groups excluding carboxylic acids is 1. The third-order valence-electron chi connectivity index (χ3n) is 9.18. The number of rotatable bonds is 7. The number of hydrogen-bond donors (Lipinski definition) is 2. The molecule has 2 bridgehead atoms. The lowest BCUT2D eigenvalue weighted by Gasteiger charge is -2.34. The van der Waals surface area contributed by atoms with Gasteiger partial charge in [-0.1, -0.05) is 12.0 Å². The minimum absolute atomic E-state index is 0.0417. The van der Waals surface area contributed by atoms with Gasteiger partial charge in [-0.15, -0.1) is 6.42 Å². The first-order chi connectivity index (χ1) is 21.2. The summed E-state index contributed by atoms with van der Waals surface area (Å²) >= 11 is 0. The van der Waals surface area contributed by atoms with Crippen LogP contribution in [0, 0.1) is 36.3 Å². The largest absolute Gasteiger partial charge is 0.508 e. The van der Waals surface area contributed by atoms with Crippen molar-refractivity contribution < 1.29 is 28.2 Å². The van der Waals surface area contributed by atoms with Gasteiger partial charge in [0.05, 0.1) is 12.2 Å². The van der Waals surface area contributed by atoms with E-state index in [9.17, 15) is 14.3 Å². The van der Waals surface area contributed by atoms with Gasteiger partial charge >= 0.3 is 5.97 Å². The SMILES string of the molecule is C#Cc1c(F)ccc2cc(O)cc(-c3ncc4c(N5CC6CCC(C5)N6)nc(OCC5(C(=O)OCC)CC5)c(C)c4c3F)c12. The molecule has 2 aromatic heterocycles. The zero-order valence-corrected chi connectivity index (χ0v) is 24.5. The molecule has 4 aromatic rings. The summed E-state index contributed by atoms with van der Waals surface area (Å²) in [5.74, 6) is 1.42. The number of benzene rings is 2. The number of fused-ring (bicyclic) bond motifs is 4. The molecule has 226 valence electrons. The van der Waals surface area contributed by atoms with E-state index in [2.05, 4.69) is 21.1 Å². The van der Waals surface area contributed by atoms with Gasteiger partial charge in [0.15, 0.2) is 5.82 Å². The average Bonchev–Trinajstić information content (AvgIpc) is 3.73. The zero-order chi connectivity index (χ0) is 30.7. The Morgan fingerprint density at radius 2 is 1.95 bits per heavy atom. The number of aryl methyl sites for hydroxylation is 1. The van der Waals surface area contributed by atoms with Gasteiger partial charge in [-0.2, -0.15) is 4.98 Å². The number of piperazine rings is 1. The third kappa shape index (κ3) is 4.58. The Morgan fingerprint density at radius 3 is 2.64 bits per heavy atom. The number of halogens is 2. The summed E-state index contributed by atoms with van der Waals surface area (Å²) in [5, 5.41) is 15.6. The Balaban J connectivity index is 1.41.